The standard InChI is InChI=1S/C10H16N6/c1-9-13-14-10(15(9)2)7-11-3-5-16-6-4-12-8-16/h4,6,8,11H,3,5,7H2,1-2H3. The average Bonchev–Trinajstić information content (AvgIpc) is 2.88. The summed E-state index contributed by atoms with van der Waals surface area (Å²) in [6.07, 6.45) is 5.55. The normalized spacial score (nSPS) is 10.9. The highest BCUT2D eigenvalue weighted by molar-refractivity contribution is 4.91. The Kier molecular flexibility index (Phi) is 3.31. The molecule has 0 bridgehead atoms. The highest BCUT2D eigenvalue weighted by atomic mass is 15.3. The van der Waals surface area contributed by atoms with Crippen LogP contribution in [0, 0.1) is 6.92 Å². The lowest BCUT2D eigenvalue weighted by Crippen LogP contribution is -2.21. The van der Waals surface area contributed by atoms with Gasteiger partial charge in [-0.3, -0.25) is 0 Å². The van der Waals surface area contributed by atoms with Crippen molar-refractivity contribution in [1.29, 1.82) is 0 Å². The van der Waals surface area contributed by atoms with Crippen LogP contribution in [-0.2, 0) is 20.1 Å². The molecule has 0 saturated carbocycles. The number of rotatable bonds is 5. The Morgan fingerprint density at radius 3 is 2.88 bits per heavy atom. The molecule has 16 heavy (non-hydrogen) atoms. The van der Waals surface area contributed by atoms with E-state index in [1.54, 1.807) is 6.20 Å². The molecule has 6 nitrogen and oxygen atoms in total. The van der Waals surface area contributed by atoms with Gasteiger partial charge in [0.05, 0.1) is 12.9 Å². The number of aryl methyl sites for hydroxylation is 1. The van der Waals surface area contributed by atoms with Crippen LogP contribution < -0.4 is 5.32 Å². The van der Waals surface area contributed by atoms with Crippen molar-refractivity contribution >= 4 is 0 Å². The fourth-order valence-corrected chi connectivity index (χ4v) is 1.43. The van der Waals surface area contributed by atoms with E-state index in [4.69, 9.17) is 0 Å². The Hall–Kier alpha value is -1.69. The smallest absolute Gasteiger partial charge is 0.146 e. The van der Waals surface area contributed by atoms with E-state index in [1.807, 2.05) is 35.6 Å². The molecule has 0 aliphatic rings. The Morgan fingerprint density at radius 1 is 1.38 bits per heavy atom. The zero-order chi connectivity index (χ0) is 11.4. The minimum absolute atomic E-state index is 0.742. The van der Waals surface area contributed by atoms with E-state index >= 15 is 0 Å². The minimum atomic E-state index is 0.742. The van der Waals surface area contributed by atoms with Gasteiger partial charge >= 0.3 is 0 Å². The molecule has 2 aromatic rings. The summed E-state index contributed by atoms with van der Waals surface area (Å²) >= 11 is 0. The number of imidazole rings is 1. The molecule has 2 rings (SSSR count). The Morgan fingerprint density at radius 2 is 2.25 bits per heavy atom. The van der Waals surface area contributed by atoms with Crippen LogP contribution in [0.4, 0.5) is 0 Å². The molecule has 2 aromatic heterocycles. The molecule has 6 heteroatoms. The van der Waals surface area contributed by atoms with Gasteiger partial charge in [0.1, 0.15) is 11.6 Å². The van der Waals surface area contributed by atoms with E-state index < -0.39 is 0 Å². The van der Waals surface area contributed by atoms with Crippen molar-refractivity contribution in [2.75, 3.05) is 6.54 Å². The fraction of sp³-hybridized carbons (Fsp3) is 0.500. The lowest BCUT2D eigenvalue weighted by molar-refractivity contribution is 0.574. The molecule has 0 spiro atoms. The monoisotopic (exact) mass is 220 g/mol. The zero-order valence-electron chi connectivity index (χ0n) is 9.59. The largest absolute Gasteiger partial charge is 0.336 e. The SMILES string of the molecule is Cc1nnc(CNCCn2ccnc2)n1C. The summed E-state index contributed by atoms with van der Waals surface area (Å²) in [5.74, 6) is 1.90. The van der Waals surface area contributed by atoms with Crippen molar-refractivity contribution < 1.29 is 0 Å². The Balaban J connectivity index is 1.74. The molecule has 0 aliphatic heterocycles. The molecule has 86 valence electrons. The van der Waals surface area contributed by atoms with Gasteiger partial charge in [-0.2, -0.15) is 0 Å². The van der Waals surface area contributed by atoms with Crippen molar-refractivity contribution in [1.82, 2.24) is 29.6 Å². The van der Waals surface area contributed by atoms with E-state index in [9.17, 15) is 0 Å². The Labute approximate surface area is 94.3 Å². The van der Waals surface area contributed by atoms with E-state index in [-0.39, 0.29) is 0 Å². The molecule has 0 aliphatic carbocycles. The molecule has 0 atom stereocenters. The number of hydrogen-bond acceptors (Lipinski definition) is 4. The maximum absolute atomic E-state index is 4.08. The molecular weight excluding hydrogens is 204 g/mol. The summed E-state index contributed by atoms with van der Waals surface area (Å²) in [6.45, 7) is 4.49. The Bertz CT molecular complexity index is 430. The molecule has 0 saturated heterocycles. The topological polar surface area (TPSA) is 60.6 Å². The van der Waals surface area contributed by atoms with E-state index in [1.165, 1.54) is 0 Å². The summed E-state index contributed by atoms with van der Waals surface area (Å²) in [5.41, 5.74) is 0. The van der Waals surface area contributed by atoms with Gasteiger partial charge in [-0.1, -0.05) is 0 Å². The van der Waals surface area contributed by atoms with Crippen LogP contribution in [-0.4, -0.2) is 30.9 Å². The zero-order valence-corrected chi connectivity index (χ0v) is 9.59. The first-order valence-corrected chi connectivity index (χ1v) is 5.28. The minimum Gasteiger partial charge on any atom is -0.336 e. The molecule has 0 fully saturated rings. The average molecular weight is 220 g/mol. The maximum Gasteiger partial charge on any atom is 0.146 e. The molecular formula is C10H16N6. The number of nitrogens with one attached hydrogen (secondary N) is 1. The van der Waals surface area contributed by atoms with Crippen molar-refractivity contribution in [3.05, 3.63) is 30.4 Å². The summed E-state index contributed by atoms with van der Waals surface area (Å²) in [6, 6.07) is 0. The first-order valence-electron chi connectivity index (χ1n) is 5.28. The number of nitrogens with zero attached hydrogens (tertiary/aromatic N) is 5. The second kappa shape index (κ2) is 4.89. The van der Waals surface area contributed by atoms with E-state index in [0.29, 0.717) is 0 Å². The van der Waals surface area contributed by atoms with Gasteiger partial charge in [-0.05, 0) is 6.92 Å². The number of aromatic nitrogens is 5. The fourth-order valence-electron chi connectivity index (χ4n) is 1.43. The van der Waals surface area contributed by atoms with Crippen LogP contribution in [0.1, 0.15) is 11.6 Å². The molecule has 2 heterocycles. The maximum atomic E-state index is 4.08. The number of hydrogen-bond donors (Lipinski definition) is 1. The summed E-state index contributed by atoms with van der Waals surface area (Å²) in [4.78, 5) is 3.99. The van der Waals surface area contributed by atoms with Crippen molar-refractivity contribution in [2.24, 2.45) is 7.05 Å². The summed E-state index contributed by atoms with van der Waals surface area (Å²) in [5, 5.41) is 11.4. The third-order valence-corrected chi connectivity index (χ3v) is 2.57. The lowest BCUT2D eigenvalue weighted by Gasteiger charge is -2.05. The van der Waals surface area contributed by atoms with Gasteiger partial charge in [0.2, 0.25) is 0 Å². The molecule has 1 N–H and O–H groups in total. The third kappa shape index (κ3) is 2.46. The predicted octanol–water partition coefficient (Wildman–Crippen LogP) is 0.110. The van der Waals surface area contributed by atoms with Crippen molar-refractivity contribution in [3.8, 4) is 0 Å². The van der Waals surface area contributed by atoms with Crippen LogP contribution in [0.5, 0.6) is 0 Å². The lowest BCUT2D eigenvalue weighted by atomic mass is 10.5. The van der Waals surface area contributed by atoms with Gasteiger partial charge in [0.15, 0.2) is 0 Å². The highest BCUT2D eigenvalue weighted by Crippen LogP contribution is 1.96. The van der Waals surface area contributed by atoms with Gasteiger partial charge < -0.3 is 14.5 Å². The molecule has 0 radical (unpaired) electrons. The van der Waals surface area contributed by atoms with Gasteiger partial charge in [-0.15, -0.1) is 10.2 Å². The predicted molar refractivity (Wildman–Crippen MR) is 59.7 cm³/mol. The summed E-state index contributed by atoms with van der Waals surface area (Å²) < 4.78 is 4.03. The third-order valence-electron chi connectivity index (χ3n) is 2.57. The van der Waals surface area contributed by atoms with Crippen molar-refractivity contribution in [2.45, 2.75) is 20.0 Å². The van der Waals surface area contributed by atoms with Crippen LogP contribution in [0.25, 0.3) is 0 Å². The highest BCUT2D eigenvalue weighted by Gasteiger charge is 2.03. The van der Waals surface area contributed by atoms with Crippen LogP contribution in [0.15, 0.2) is 18.7 Å². The molecule has 0 aromatic carbocycles. The molecule has 0 unspecified atom stereocenters. The van der Waals surface area contributed by atoms with Crippen LogP contribution in [0.2, 0.25) is 0 Å². The van der Waals surface area contributed by atoms with Crippen LogP contribution in [0.3, 0.4) is 0 Å². The quantitative estimate of drug-likeness (QED) is 0.727. The van der Waals surface area contributed by atoms with Gasteiger partial charge in [0.25, 0.3) is 0 Å². The van der Waals surface area contributed by atoms with Crippen molar-refractivity contribution in [3.63, 3.8) is 0 Å². The molecule has 0 amide bonds. The second-order valence-corrected chi connectivity index (χ2v) is 3.70. The van der Waals surface area contributed by atoms with Crippen LogP contribution >= 0.6 is 0 Å². The first kappa shape index (κ1) is 10.8. The summed E-state index contributed by atoms with van der Waals surface area (Å²) in [7, 11) is 1.97. The van der Waals surface area contributed by atoms with Gasteiger partial charge in [0, 0.05) is 32.5 Å². The van der Waals surface area contributed by atoms with Gasteiger partial charge in [-0.25, -0.2) is 4.98 Å². The second-order valence-electron chi connectivity index (χ2n) is 3.70. The van der Waals surface area contributed by atoms with E-state index in [0.717, 1.165) is 31.3 Å². The van der Waals surface area contributed by atoms with E-state index in [2.05, 4.69) is 20.5 Å². The first-order chi connectivity index (χ1) is 7.77.